The number of esters is 1. The van der Waals surface area contributed by atoms with Crippen molar-refractivity contribution >= 4 is 23.5 Å². The number of carbonyl (C=O) groups excluding carboxylic acids is 3. The molecule has 7 heteroatoms. The lowest BCUT2D eigenvalue weighted by molar-refractivity contribution is -0.146. The van der Waals surface area contributed by atoms with Crippen LogP contribution in [0.3, 0.4) is 0 Å². The minimum absolute atomic E-state index is 0.145. The molecule has 0 spiro atoms. The molecule has 0 aliphatic carbocycles. The number of ether oxygens (including phenoxy) is 1. The smallest absolute Gasteiger partial charge is 0.332 e. The topological polar surface area (TPSA) is 111 Å². The molecule has 0 fully saturated rings. The van der Waals surface area contributed by atoms with Gasteiger partial charge in [0.25, 0.3) is 11.8 Å². The van der Waals surface area contributed by atoms with Gasteiger partial charge in [0.15, 0.2) is 6.04 Å². The number of carbonyl (C=O) groups is 3. The number of hydrogen-bond donors (Lipinski definition) is 3. The third-order valence-electron chi connectivity index (χ3n) is 2.44. The quantitative estimate of drug-likeness (QED) is 0.514. The van der Waals surface area contributed by atoms with Crippen molar-refractivity contribution in [1.29, 1.82) is 0 Å². The van der Waals surface area contributed by atoms with E-state index in [-0.39, 0.29) is 12.5 Å². The van der Waals surface area contributed by atoms with Crippen LogP contribution in [0.15, 0.2) is 24.3 Å². The molecule has 0 aliphatic heterocycles. The van der Waals surface area contributed by atoms with E-state index in [1.54, 1.807) is 25.1 Å². The van der Waals surface area contributed by atoms with Crippen LogP contribution in [0.25, 0.3) is 0 Å². The fourth-order valence-corrected chi connectivity index (χ4v) is 1.44. The molecule has 1 aromatic carbocycles. The Balaban J connectivity index is 2.75. The van der Waals surface area contributed by atoms with E-state index in [0.717, 1.165) is 0 Å². The summed E-state index contributed by atoms with van der Waals surface area (Å²) in [5, 5.41) is 4.92. The maximum atomic E-state index is 11.7. The highest BCUT2D eigenvalue weighted by Crippen LogP contribution is 2.11. The van der Waals surface area contributed by atoms with Crippen molar-refractivity contribution in [3.05, 3.63) is 29.8 Å². The molecule has 0 bridgehead atoms. The third-order valence-corrected chi connectivity index (χ3v) is 2.44. The summed E-state index contributed by atoms with van der Waals surface area (Å²) in [5.41, 5.74) is 6.21. The van der Waals surface area contributed by atoms with Crippen molar-refractivity contribution in [3.63, 3.8) is 0 Å². The van der Waals surface area contributed by atoms with E-state index in [0.29, 0.717) is 11.3 Å². The Morgan fingerprint density at radius 1 is 1.35 bits per heavy atom. The van der Waals surface area contributed by atoms with Gasteiger partial charge in [0.05, 0.1) is 6.61 Å². The SMILES string of the molecule is CCOC(=O)C(N)C(=O)Nc1cccc(C(=O)NC)c1. The van der Waals surface area contributed by atoms with Crippen LogP contribution in [-0.2, 0) is 14.3 Å². The van der Waals surface area contributed by atoms with Crippen LogP contribution in [0.1, 0.15) is 17.3 Å². The van der Waals surface area contributed by atoms with E-state index < -0.39 is 17.9 Å². The zero-order valence-corrected chi connectivity index (χ0v) is 11.3. The maximum Gasteiger partial charge on any atom is 0.332 e. The molecule has 1 atom stereocenters. The fourth-order valence-electron chi connectivity index (χ4n) is 1.44. The van der Waals surface area contributed by atoms with Crippen LogP contribution in [0.5, 0.6) is 0 Å². The molecule has 0 heterocycles. The van der Waals surface area contributed by atoms with E-state index in [4.69, 9.17) is 5.73 Å². The summed E-state index contributed by atoms with van der Waals surface area (Å²) < 4.78 is 4.65. The molecule has 0 saturated heterocycles. The molecule has 0 saturated carbocycles. The van der Waals surface area contributed by atoms with Crippen molar-refractivity contribution < 1.29 is 19.1 Å². The molecule has 2 amide bonds. The lowest BCUT2D eigenvalue weighted by Crippen LogP contribution is -2.43. The van der Waals surface area contributed by atoms with Gasteiger partial charge < -0.3 is 21.1 Å². The van der Waals surface area contributed by atoms with Gasteiger partial charge in [-0.05, 0) is 25.1 Å². The van der Waals surface area contributed by atoms with Crippen LogP contribution >= 0.6 is 0 Å². The number of amides is 2. The van der Waals surface area contributed by atoms with E-state index >= 15 is 0 Å². The lowest BCUT2D eigenvalue weighted by Gasteiger charge is -2.11. The van der Waals surface area contributed by atoms with Crippen LogP contribution in [0.4, 0.5) is 5.69 Å². The second kappa shape index (κ2) is 7.25. The normalized spacial score (nSPS) is 11.3. The molecular formula is C13H17N3O4. The number of nitrogens with one attached hydrogen (secondary N) is 2. The predicted octanol–water partition coefficient (Wildman–Crippen LogP) is -0.125. The minimum Gasteiger partial charge on any atom is -0.464 e. The number of hydrogen-bond acceptors (Lipinski definition) is 5. The predicted molar refractivity (Wildman–Crippen MR) is 73.1 cm³/mol. The standard InChI is InChI=1S/C13H17N3O4/c1-3-20-13(19)10(14)12(18)16-9-6-4-5-8(7-9)11(17)15-2/h4-7,10H,3,14H2,1-2H3,(H,15,17)(H,16,18). The first-order valence-corrected chi connectivity index (χ1v) is 6.04. The maximum absolute atomic E-state index is 11.7. The molecule has 1 aromatic rings. The Hall–Kier alpha value is -2.41. The van der Waals surface area contributed by atoms with Crippen LogP contribution in [-0.4, -0.2) is 37.5 Å². The summed E-state index contributed by atoms with van der Waals surface area (Å²) in [7, 11) is 1.50. The van der Waals surface area contributed by atoms with Gasteiger partial charge in [0.1, 0.15) is 0 Å². The van der Waals surface area contributed by atoms with Crippen molar-refractivity contribution in [1.82, 2.24) is 5.32 Å². The molecular weight excluding hydrogens is 262 g/mol. The van der Waals surface area contributed by atoms with Gasteiger partial charge >= 0.3 is 5.97 Å². The van der Waals surface area contributed by atoms with Gasteiger partial charge in [-0.1, -0.05) is 6.07 Å². The zero-order valence-electron chi connectivity index (χ0n) is 11.3. The molecule has 7 nitrogen and oxygen atoms in total. The molecule has 1 rings (SSSR count). The molecule has 4 N–H and O–H groups in total. The van der Waals surface area contributed by atoms with Crippen molar-refractivity contribution in [3.8, 4) is 0 Å². The lowest BCUT2D eigenvalue weighted by atomic mass is 10.2. The monoisotopic (exact) mass is 279 g/mol. The van der Waals surface area contributed by atoms with Crippen molar-refractivity contribution in [2.75, 3.05) is 19.0 Å². The summed E-state index contributed by atoms with van der Waals surface area (Å²) in [6.45, 7) is 1.77. The summed E-state index contributed by atoms with van der Waals surface area (Å²) in [5.74, 6) is -1.78. The molecule has 20 heavy (non-hydrogen) atoms. The number of anilines is 1. The number of rotatable bonds is 5. The largest absolute Gasteiger partial charge is 0.464 e. The highest BCUT2D eigenvalue weighted by Gasteiger charge is 2.23. The van der Waals surface area contributed by atoms with Crippen LogP contribution in [0, 0.1) is 0 Å². The first-order valence-electron chi connectivity index (χ1n) is 6.04. The van der Waals surface area contributed by atoms with Gasteiger partial charge in [-0.25, -0.2) is 4.79 Å². The van der Waals surface area contributed by atoms with Crippen molar-refractivity contribution in [2.24, 2.45) is 5.73 Å². The summed E-state index contributed by atoms with van der Waals surface area (Å²) in [4.78, 5) is 34.5. The Kier molecular flexibility index (Phi) is 5.67. The molecule has 108 valence electrons. The highest BCUT2D eigenvalue weighted by molar-refractivity contribution is 6.08. The van der Waals surface area contributed by atoms with Crippen LogP contribution in [0.2, 0.25) is 0 Å². The average Bonchev–Trinajstić information content (AvgIpc) is 2.46. The van der Waals surface area contributed by atoms with Gasteiger partial charge in [-0.15, -0.1) is 0 Å². The first-order chi connectivity index (χ1) is 9.49. The molecule has 1 unspecified atom stereocenters. The Bertz CT molecular complexity index is 516. The zero-order chi connectivity index (χ0) is 15.1. The van der Waals surface area contributed by atoms with Crippen LogP contribution < -0.4 is 16.4 Å². The second-order valence-corrected chi connectivity index (χ2v) is 3.88. The van der Waals surface area contributed by atoms with Gasteiger partial charge in [-0.2, -0.15) is 0 Å². The first kappa shape index (κ1) is 15.6. The fraction of sp³-hybridized carbons (Fsp3) is 0.308. The van der Waals surface area contributed by atoms with E-state index in [1.165, 1.54) is 13.1 Å². The summed E-state index contributed by atoms with van der Waals surface area (Å²) >= 11 is 0. The summed E-state index contributed by atoms with van der Waals surface area (Å²) in [6, 6.07) is 4.87. The van der Waals surface area contributed by atoms with E-state index in [2.05, 4.69) is 15.4 Å². The average molecular weight is 279 g/mol. The van der Waals surface area contributed by atoms with Gasteiger partial charge in [0, 0.05) is 18.3 Å². The molecule has 0 aromatic heterocycles. The number of benzene rings is 1. The van der Waals surface area contributed by atoms with E-state index in [9.17, 15) is 14.4 Å². The minimum atomic E-state index is -1.40. The Morgan fingerprint density at radius 3 is 2.65 bits per heavy atom. The van der Waals surface area contributed by atoms with Gasteiger partial charge in [0.2, 0.25) is 0 Å². The number of nitrogens with two attached hydrogens (primary N) is 1. The van der Waals surface area contributed by atoms with Crippen molar-refractivity contribution in [2.45, 2.75) is 13.0 Å². The van der Waals surface area contributed by atoms with E-state index in [1.807, 2.05) is 0 Å². The highest BCUT2D eigenvalue weighted by atomic mass is 16.5. The summed E-state index contributed by atoms with van der Waals surface area (Å²) in [6.07, 6.45) is 0. The Labute approximate surface area is 116 Å². The third kappa shape index (κ3) is 4.06. The second-order valence-electron chi connectivity index (χ2n) is 3.88. The molecule has 0 aliphatic rings. The Morgan fingerprint density at radius 2 is 2.05 bits per heavy atom. The molecule has 0 radical (unpaired) electrons. The van der Waals surface area contributed by atoms with Gasteiger partial charge in [-0.3, -0.25) is 9.59 Å².